The molecule has 0 heterocycles. The van der Waals surface area contributed by atoms with Crippen LogP contribution >= 0.6 is 0 Å². The van der Waals surface area contributed by atoms with Gasteiger partial charge in [-0.15, -0.1) is 0 Å². The zero-order valence-electron chi connectivity index (χ0n) is 23.3. The van der Waals surface area contributed by atoms with E-state index in [1.165, 1.54) is 128 Å². The van der Waals surface area contributed by atoms with Crippen LogP contribution in [0, 0.1) is 0 Å². The van der Waals surface area contributed by atoms with Crippen molar-refractivity contribution < 1.29 is 36.9 Å². The van der Waals surface area contributed by atoms with Crippen LogP contribution in [0.1, 0.15) is 181 Å². The molecule has 0 aromatic carbocycles. The molecule has 0 aromatic rings. The predicted molar refractivity (Wildman–Crippen MR) is 141 cm³/mol. The van der Waals surface area contributed by atoms with Crippen LogP contribution in [0.15, 0.2) is 0 Å². The first-order valence-corrected chi connectivity index (χ1v) is 14.9. The van der Waals surface area contributed by atoms with E-state index in [2.05, 4.69) is 13.8 Å². The number of aliphatic carboxylic acids is 2. The van der Waals surface area contributed by atoms with Crippen LogP contribution in [0.3, 0.4) is 0 Å². The van der Waals surface area contributed by atoms with Crippen LogP contribution in [0.5, 0.6) is 0 Å². The Kier molecular flexibility index (Phi) is 39.7. The maximum Gasteiger partial charge on any atom is 2.00 e. The van der Waals surface area contributed by atoms with Gasteiger partial charge in [0.15, 0.2) is 0 Å². The normalized spacial score (nSPS) is 10.3. The van der Waals surface area contributed by atoms with E-state index < -0.39 is 11.9 Å². The van der Waals surface area contributed by atoms with Gasteiger partial charge in [0.25, 0.3) is 0 Å². The van der Waals surface area contributed by atoms with Gasteiger partial charge in [0, 0.05) is 11.9 Å². The van der Waals surface area contributed by atoms with Crippen molar-refractivity contribution in [1.29, 1.82) is 0 Å². The van der Waals surface area contributed by atoms with Gasteiger partial charge < -0.3 is 19.8 Å². The van der Waals surface area contributed by atoms with Gasteiger partial charge in [-0.2, -0.15) is 0 Å². The number of carbonyl (C=O) groups excluding carboxylic acids is 2. The quantitative estimate of drug-likeness (QED) is 0.0825. The minimum Gasteiger partial charge on any atom is -0.550 e. The topological polar surface area (TPSA) is 80.3 Å². The van der Waals surface area contributed by atoms with Crippen LogP contribution in [0.2, 0.25) is 0 Å². The van der Waals surface area contributed by atoms with Gasteiger partial charge in [-0.1, -0.05) is 155 Å². The second kappa shape index (κ2) is 35.6. The Morgan fingerprint density at radius 3 is 0.714 bits per heavy atom. The average Bonchev–Trinajstić information content (AvgIpc) is 2.80. The van der Waals surface area contributed by atoms with Crippen LogP contribution in [0.4, 0.5) is 0 Å². The summed E-state index contributed by atoms with van der Waals surface area (Å²) in [6.45, 7) is 4.50. The van der Waals surface area contributed by atoms with Gasteiger partial charge in [-0.3, -0.25) is 0 Å². The van der Waals surface area contributed by atoms with Crippen molar-refractivity contribution in [3.05, 3.63) is 0 Å². The molecule has 4 nitrogen and oxygen atoms in total. The molecule has 0 fully saturated rings. The maximum atomic E-state index is 10.2. The fraction of sp³-hybridized carbons (Fsp3) is 0.933. The third-order valence-corrected chi connectivity index (χ3v) is 6.47. The molecule has 35 heavy (non-hydrogen) atoms. The molecular weight excluding hydrogens is 488 g/mol. The third kappa shape index (κ3) is 43.9. The van der Waals surface area contributed by atoms with E-state index in [1.807, 2.05) is 0 Å². The molecule has 0 saturated heterocycles. The molecule has 0 saturated carbocycles. The smallest absolute Gasteiger partial charge is 0.550 e. The van der Waals surface area contributed by atoms with E-state index in [-0.39, 0.29) is 29.9 Å². The van der Waals surface area contributed by atoms with E-state index in [0.29, 0.717) is 0 Å². The average molecular weight is 546 g/mol. The van der Waals surface area contributed by atoms with Crippen molar-refractivity contribution in [3.63, 3.8) is 0 Å². The summed E-state index contributed by atoms with van der Waals surface area (Å²) in [6.07, 6.45) is 31.0. The number of rotatable bonds is 26. The Bertz CT molecular complexity index is 377. The van der Waals surface area contributed by atoms with Crippen molar-refractivity contribution in [2.75, 3.05) is 0 Å². The van der Waals surface area contributed by atoms with Gasteiger partial charge in [0.1, 0.15) is 0 Å². The standard InChI is InChI=1S/2C15H30O2.Cu/c2*1-2-3-4-5-6-7-8-9-10-11-12-13-14-15(16)17;/h2*2-14H2,1H3,(H,16,17);/q;;+2/p-2. The van der Waals surface area contributed by atoms with Crippen molar-refractivity contribution in [3.8, 4) is 0 Å². The second-order valence-corrected chi connectivity index (χ2v) is 10.0. The van der Waals surface area contributed by atoms with Crippen molar-refractivity contribution in [2.24, 2.45) is 0 Å². The van der Waals surface area contributed by atoms with Gasteiger partial charge in [0.2, 0.25) is 0 Å². The first kappa shape index (κ1) is 39.0. The molecule has 0 aromatic heterocycles. The molecule has 0 N–H and O–H groups in total. The summed E-state index contributed by atoms with van der Waals surface area (Å²) >= 11 is 0. The zero-order chi connectivity index (χ0) is 25.5. The van der Waals surface area contributed by atoms with E-state index in [4.69, 9.17) is 0 Å². The monoisotopic (exact) mass is 545 g/mol. The van der Waals surface area contributed by atoms with Crippen LogP contribution in [-0.2, 0) is 26.7 Å². The molecule has 0 amide bonds. The van der Waals surface area contributed by atoms with E-state index in [1.54, 1.807) is 0 Å². The molecule has 0 bridgehead atoms. The van der Waals surface area contributed by atoms with Crippen molar-refractivity contribution in [1.82, 2.24) is 0 Å². The molecule has 0 aliphatic rings. The minimum atomic E-state index is -0.905. The first-order valence-electron chi connectivity index (χ1n) is 14.9. The van der Waals surface area contributed by atoms with E-state index in [0.717, 1.165) is 25.7 Å². The van der Waals surface area contributed by atoms with Gasteiger partial charge in [-0.05, 0) is 25.7 Å². The molecular formula is C30H58CuO4. The maximum absolute atomic E-state index is 10.2. The fourth-order valence-corrected chi connectivity index (χ4v) is 4.22. The number of carboxylic acids is 2. The molecule has 1 radical (unpaired) electrons. The molecule has 213 valence electrons. The summed E-state index contributed by atoms with van der Waals surface area (Å²) in [7, 11) is 0. The Balaban J connectivity index is -0.000000569. The molecule has 0 spiro atoms. The van der Waals surface area contributed by atoms with Crippen LogP contribution in [0.25, 0.3) is 0 Å². The molecule has 0 rings (SSSR count). The van der Waals surface area contributed by atoms with Gasteiger partial charge >= 0.3 is 17.1 Å². The Labute approximate surface area is 229 Å². The van der Waals surface area contributed by atoms with Crippen molar-refractivity contribution in [2.45, 2.75) is 181 Å². The van der Waals surface area contributed by atoms with Gasteiger partial charge in [0.05, 0.1) is 0 Å². The summed E-state index contributed by atoms with van der Waals surface area (Å²) in [4.78, 5) is 20.3. The summed E-state index contributed by atoms with van der Waals surface area (Å²) in [5.74, 6) is -1.81. The Morgan fingerprint density at radius 1 is 0.371 bits per heavy atom. The molecule has 5 heteroatoms. The van der Waals surface area contributed by atoms with E-state index in [9.17, 15) is 19.8 Å². The summed E-state index contributed by atoms with van der Waals surface area (Å²) in [5.41, 5.74) is 0. The minimum absolute atomic E-state index is 0. The number of carbonyl (C=O) groups is 2. The number of hydrogen-bond donors (Lipinski definition) is 0. The largest absolute Gasteiger partial charge is 2.00 e. The SMILES string of the molecule is CCCCCCCCCCCCCCC(=O)[O-].CCCCCCCCCCCCCCC(=O)[O-].[Cu+2]. The summed E-state index contributed by atoms with van der Waals surface area (Å²) < 4.78 is 0. The molecule has 0 aliphatic carbocycles. The predicted octanol–water partition coefficient (Wildman–Crippen LogP) is 7.65. The summed E-state index contributed by atoms with van der Waals surface area (Å²) in [5, 5.41) is 20.3. The fourth-order valence-electron chi connectivity index (χ4n) is 4.22. The van der Waals surface area contributed by atoms with Crippen LogP contribution in [-0.4, -0.2) is 11.9 Å². The second-order valence-electron chi connectivity index (χ2n) is 10.0. The van der Waals surface area contributed by atoms with Gasteiger partial charge in [-0.25, -0.2) is 0 Å². The van der Waals surface area contributed by atoms with Crippen molar-refractivity contribution >= 4 is 11.9 Å². The molecule has 0 atom stereocenters. The number of unbranched alkanes of at least 4 members (excludes halogenated alkanes) is 22. The molecule has 0 unspecified atom stereocenters. The zero-order valence-corrected chi connectivity index (χ0v) is 24.3. The van der Waals surface area contributed by atoms with E-state index >= 15 is 0 Å². The Hall–Kier alpha value is -0.541. The Morgan fingerprint density at radius 2 is 0.543 bits per heavy atom. The number of carboxylic acid groups (broad SMARTS) is 2. The summed E-state index contributed by atoms with van der Waals surface area (Å²) in [6, 6.07) is 0. The first-order chi connectivity index (χ1) is 16.5. The molecule has 0 aliphatic heterocycles. The van der Waals surface area contributed by atoms with Crippen LogP contribution < -0.4 is 10.2 Å². The third-order valence-electron chi connectivity index (χ3n) is 6.47. The number of hydrogen-bond acceptors (Lipinski definition) is 4.